The number of rotatable bonds is 5. The second-order valence-corrected chi connectivity index (χ2v) is 9.60. The van der Waals surface area contributed by atoms with Gasteiger partial charge in [0.2, 0.25) is 0 Å². The van der Waals surface area contributed by atoms with Crippen LogP contribution in [0.3, 0.4) is 0 Å². The number of benzene rings is 6. The minimum Gasteiger partial charge on any atom is -0.497 e. The fraction of sp³-hybridized carbons (Fsp3) is 0.0278. The minimum atomic E-state index is 0.824. The summed E-state index contributed by atoms with van der Waals surface area (Å²) < 4.78 is 7.64. The summed E-state index contributed by atoms with van der Waals surface area (Å²) in [7, 11) is 1.69. The van der Waals surface area contributed by atoms with Crippen LogP contribution in [-0.2, 0) is 0 Å². The number of nitrogens with zero attached hydrogens (tertiary/aromatic N) is 2. The lowest BCUT2D eigenvalue weighted by atomic mass is 9.90. The average molecular weight is 503 g/mol. The number of para-hydroxylation sites is 1. The Hall–Kier alpha value is -5.15. The van der Waals surface area contributed by atoms with Crippen LogP contribution in [0.2, 0.25) is 0 Å². The predicted molar refractivity (Wildman–Crippen MR) is 161 cm³/mol. The lowest BCUT2D eigenvalue weighted by Crippen LogP contribution is -2.02. The van der Waals surface area contributed by atoms with E-state index in [0.29, 0.717) is 0 Å². The maximum absolute atomic E-state index is 5.41. The maximum Gasteiger partial charge on any atom is 0.144 e. The van der Waals surface area contributed by atoms with Crippen molar-refractivity contribution in [2.75, 3.05) is 7.11 Å². The normalized spacial score (nSPS) is 11.2. The van der Waals surface area contributed by atoms with E-state index in [0.717, 1.165) is 34.0 Å². The molecule has 0 unspecified atom stereocenters. The van der Waals surface area contributed by atoms with Gasteiger partial charge < -0.3 is 4.74 Å². The Kier molecular flexibility index (Phi) is 5.68. The summed E-state index contributed by atoms with van der Waals surface area (Å²) in [6.07, 6.45) is 3.95. The Bertz CT molecular complexity index is 1840. The standard InChI is InChI=1S/C36H26N2O/c1-39-28-21-19-27(20-22-28)36-37-23-24-38(36)35-33(31-15-6-11-25-9-2-4-13-29(25)31)17-8-18-34(35)32-16-7-12-26-10-3-5-14-30(26)32/h2-24H,1H3. The molecule has 3 nitrogen and oxygen atoms in total. The zero-order valence-corrected chi connectivity index (χ0v) is 21.6. The van der Waals surface area contributed by atoms with Crippen molar-refractivity contribution in [1.29, 1.82) is 0 Å². The van der Waals surface area contributed by atoms with Crippen LogP contribution < -0.4 is 4.74 Å². The summed E-state index contributed by atoms with van der Waals surface area (Å²) in [4.78, 5) is 4.83. The van der Waals surface area contributed by atoms with Crippen molar-refractivity contribution >= 4 is 21.5 Å². The number of aromatic nitrogens is 2. The Morgan fingerprint density at radius 1 is 0.538 bits per heavy atom. The van der Waals surface area contributed by atoms with Crippen molar-refractivity contribution in [3.8, 4) is 45.1 Å². The molecule has 6 aromatic carbocycles. The highest BCUT2D eigenvalue weighted by atomic mass is 16.5. The van der Waals surface area contributed by atoms with Gasteiger partial charge in [0.05, 0.1) is 12.8 Å². The van der Waals surface area contributed by atoms with Gasteiger partial charge in [-0.25, -0.2) is 4.98 Å². The molecule has 0 atom stereocenters. The summed E-state index contributed by atoms with van der Waals surface area (Å²) >= 11 is 0. The smallest absolute Gasteiger partial charge is 0.144 e. The van der Waals surface area contributed by atoms with E-state index < -0.39 is 0 Å². The van der Waals surface area contributed by atoms with Crippen molar-refractivity contribution < 1.29 is 4.74 Å². The van der Waals surface area contributed by atoms with Crippen LogP contribution in [0.15, 0.2) is 140 Å². The number of hydrogen-bond donors (Lipinski definition) is 0. The zero-order chi connectivity index (χ0) is 26.2. The SMILES string of the molecule is COc1ccc(-c2nccn2-c2c(-c3cccc4ccccc34)cccc2-c2cccc3ccccc23)cc1. The largest absolute Gasteiger partial charge is 0.497 e. The molecular formula is C36H26N2O. The highest BCUT2D eigenvalue weighted by molar-refractivity contribution is 6.04. The number of methoxy groups -OCH3 is 1. The molecule has 186 valence electrons. The van der Waals surface area contributed by atoms with Crippen LogP contribution in [0.5, 0.6) is 5.75 Å². The molecular weight excluding hydrogens is 476 g/mol. The Morgan fingerprint density at radius 3 is 1.64 bits per heavy atom. The molecule has 1 heterocycles. The molecule has 0 aliphatic heterocycles. The van der Waals surface area contributed by atoms with Gasteiger partial charge in [0.15, 0.2) is 0 Å². The number of fused-ring (bicyclic) bond motifs is 2. The van der Waals surface area contributed by atoms with Gasteiger partial charge in [0.25, 0.3) is 0 Å². The molecule has 3 heteroatoms. The first kappa shape index (κ1) is 23.0. The van der Waals surface area contributed by atoms with Crippen LogP contribution >= 0.6 is 0 Å². The molecule has 1 aromatic heterocycles. The third-order valence-electron chi connectivity index (χ3n) is 7.43. The van der Waals surface area contributed by atoms with Gasteiger partial charge in [-0.05, 0) is 56.9 Å². The Morgan fingerprint density at radius 2 is 1.05 bits per heavy atom. The fourth-order valence-electron chi connectivity index (χ4n) is 5.60. The fourth-order valence-corrected chi connectivity index (χ4v) is 5.60. The maximum atomic E-state index is 5.41. The molecule has 0 aliphatic rings. The van der Waals surface area contributed by atoms with Crippen molar-refractivity contribution in [3.63, 3.8) is 0 Å². The van der Waals surface area contributed by atoms with E-state index in [2.05, 4.69) is 126 Å². The summed E-state index contributed by atoms with van der Waals surface area (Å²) in [5.41, 5.74) is 6.83. The second kappa shape index (κ2) is 9.62. The Balaban J connectivity index is 1.56. The van der Waals surface area contributed by atoms with Gasteiger partial charge in [-0.1, -0.05) is 103 Å². The Labute approximate surface area is 227 Å². The molecule has 0 saturated carbocycles. The van der Waals surface area contributed by atoms with Crippen LogP contribution in [0.25, 0.3) is 60.9 Å². The van der Waals surface area contributed by atoms with Gasteiger partial charge >= 0.3 is 0 Å². The first-order valence-electron chi connectivity index (χ1n) is 13.1. The quantitative estimate of drug-likeness (QED) is 0.235. The van der Waals surface area contributed by atoms with Crippen molar-refractivity contribution in [1.82, 2.24) is 9.55 Å². The third kappa shape index (κ3) is 3.96. The number of hydrogen-bond acceptors (Lipinski definition) is 2. The first-order chi connectivity index (χ1) is 19.3. The van der Waals surface area contributed by atoms with E-state index in [4.69, 9.17) is 9.72 Å². The van der Waals surface area contributed by atoms with Gasteiger partial charge in [-0.2, -0.15) is 0 Å². The van der Waals surface area contributed by atoms with E-state index in [1.165, 1.54) is 32.7 Å². The molecule has 0 saturated heterocycles. The number of ether oxygens (including phenoxy) is 1. The third-order valence-corrected chi connectivity index (χ3v) is 7.43. The molecule has 7 rings (SSSR count). The summed E-state index contributed by atoms with van der Waals surface area (Å²) in [5, 5.41) is 4.89. The highest BCUT2D eigenvalue weighted by Gasteiger charge is 2.20. The molecule has 0 spiro atoms. The lowest BCUT2D eigenvalue weighted by Gasteiger charge is -2.20. The molecule has 7 aromatic rings. The van der Waals surface area contributed by atoms with Crippen LogP contribution in [0.4, 0.5) is 0 Å². The van der Waals surface area contributed by atoms with Gasteiger partial charge in [0, 0.05) is 29.1 Å². The molecule has 0 radical (unpaired) electrons. The predicted octanol–water partition coefficient (Wildman–Crippen LogP) is 9.19. The van der Waals surface area contributed by atoms with Crippen LogP contribution in [-0.4, -0.2) is 16.7 Å². The van der Waals surface area contributed by atoms with Gasteiger partial charge in [0.1, 0.15) is 11.6 Å². The summed E-state index contributed by atoms with van der Waals surface area (Å²) in [5.74, 6) is 1.70. The molecule has 0 amide bonds. The molecule has 0 fully saturated rings. The highest BCUT2D eigenvalue weighted by Crippen LogP contribution is 2.42. The summed E-state index contributed by atoms with van der Waals surface area (Å²) in [6, 6.07) is 45.0. The number of imidazole rings is 1. The van der Waals surface area contributed by atoms with E-state index in [1.807, 2.05) is 18.3 Å². The van der Waals surface area contributed by atoms with Crippen LogP contribution in [0.1, 0.15) is 0 Å². The average Bonchev–Trinajstić information content (AvgIpc) is 3.50. The van der Waals surface area contributed by atoms with Crippen LogP contribution in [0, 0.1) is 0 Å². The van der Waals surface area contributed by atoms with E-state index in [1.54, 1.807) is 7.11 Å². The van der Waals surface area contributed by atoms with Crippen molar-refractivity contribution in [2.24, 2.45) is 0 Å². The summed E-state index contributed by atoms with van der Waals surface area (Å²) in [6.45, 7) is 0. The molecule has 0 bridgehead atoms. The molecule has 0 aliphatic carbocycles. The van der Waals surface area contributed by atoms with Gasteiger partial charge in [-0.15, -0.1) is 0 Å². The topological polar surface area (TPSA) is 27.1 Å². The first-order valence-corrected chi connectivity index (χ1v) is 13.1. The van der Waals surface area contributed by atoms with Crippen molar-refractivity contribution in [2.45, 2.75) is 0 Å². The van der Waals surface area contributed by atoms with Gasteiger partial charge in [-0.3, -0.25) is 4.57 Å². The lowest BCUT2D eigenvalue weighted by molar-refractivity contribution is 0.415. The zero-order valence-electron chi connectivity index (χ0n) is 21.6. The molecule has 39 heavy (non-hydrogen) atoms. The van der Waals surface area contributed by atoms with E-state index >= 15 is 0 Å². The second-order valence-electron chi connectivity index (χ2n) is 9.60. The van der Waals surface area contributed by atoms with E-state index in [-0.39, 0.29) is 0 Å². The van der Waals surface area contributed by atoms with Crippen molar-refractivity contribution in [3.05, 3.63) is 140 Å². The molecule has 0 N–H and O–H groups in total. The van der Waals surface area contributed by atoms with E-state index in [9.17, 15) is 0 Å². The minimum absolute atomic E-state index is 0.824. The monoisotopic (exact) mass is 502 g/mol.